The van der Waals surface area contributed by atoms with Gasteiger partial charge in [0.25, 0.3) is 5.91 Å². The standard InChI is InChI=1S/C13H17NO5/c1-8(2)7-18-13(16)11-10(19-11)12(15)14-6-9-4-3-5-17-9/h3-5,8,10-11H,6-7H2,1-2H3,(H,14,15). The first kappa shape index (κ1) is 13.6. The van der Waals surface area contributed by atoms with Crippen molar-refractivity contribution in [1.82, 2.24) is 5.32 Å². The van der Waals surface area contributed by atoms with Crippen LogP contribution in [0.15, 0.2) is 22.8 Å². The van der Waals surface area contributed by atoms with Crippen LogP contribution in [0.2, 0.25) is 0 Å². The molecule has 0 aromatic carbocycles. The fraction of sp³-hybridized carbons (Fsp3) is 0.538. The van der Waals surface area contributed by atoms with Gasteiger partial charge in [-0.3, -0.25) is 4.79 Å². The Kier molecular flexibility index (Phi) is 4.21. The monoisotopic (exact) mass is 267 g/mol. The van der Waals surface area contributed by atoms with Crippen molar-refractivity contribution in [1.29, 1.82) is 0 Å². The van der Waals surface area contributed by atoms with Crippen LogP contribution in [0.5, 0.6) is 0 Å². The number of furan rings is 1. The average Bonchev–Trinajstić information content (AvgIpc) is 3.01. The molecule has 1 aliphatic heterocycles. The fourth-order valence-electron chi connectivity index (χ4n) is 1.51. The molecule has 2 heterocycles. The number of hydrogen-bond acceptors (Lipinski definition) is 5. The second-order valence-electron chi connectivity index (χ2n) is 4.80. The van der Waals surface area contributed by atoms with E-state index in [9.17, 15) is 9.59 Å². The van der Waals surface area contributed by atoms with Crippen molar-refractivity contribution in [2.75, 3.05) is 6.61 Å². The molecule has 19 heavy (non-hydrogen) atoms. The summed E-state index contributed by atoms with van der Waals surface area (Å²) in [7, 11) is 0. The summed E-state index contributed by atoms with van der Waals surface area (Å²) >= 11 is 0. The number of nitrogens with one attached hydrogen (secondary N) is 1. The molecule has 1 N–H and O–H groups in total. The zero-order valence-corrected chi connectivity index (χ0v) is 10.9. The van der Waals surface area contributed by atoms with Crippen LogP contribution < -0.4 is 5.32 Å². The van der Waals surface area contributed by atoms with E-state index < -0.39 is 18.2 Å². The van der Waals surface area contributed by atoms with E-state index in [4.69, 9.17) is 13.9 Å². The zero-order chi connectivity index (χ0) is 13.8. The molecule has 0 bridgehead atoms. The third-order valence-electron chi connectivity index (χ3n) is 2.56. The van der Waals surface area contributed by atoms with Gasteiger partial charge in [0.2, 0.25) is 0 Å². The lowest BCUT2D eigenvalue weighted by Gasteiger charge is -2.05. The van der Waals surface area contributed by atoms with Crippen molar-refractivity contribution < 1.29 is 23.5 Å². The van der Waals surface area contributed by atoms with E-state index in [0.717, 1.165) is 0 Å². The average molecular weight is 267 g/mol. The van der Waals surface area contributed by atoms with Gasteiger partial charge in [-0.15, -0.1) is 0 Å². The molecular weight excluding hydrogens is 250 g/mol. The SMILES string of the molecule is CC(C)COC(=O)C1OC1C(=O)NCc1ccco1. The highest BCUT2D eigenvalue weighted by atomic mass is 16.6. The summed E-state index contributed by atoms with van der Waals surface area (Å²) in [6.45, 7) is 4.49. The maximum absolute atomic E-state index is 11.7. The van der Waals surface area contributed by atoms with Gasteiger partial charge in [-0.25, -0.2) is 4.79 Å². The minimum Gasteiger partial charge on any atom is -0.467 e. The molecule has 104 valence electrons. The molecule has 1 saturated heterocycles. The molecule has 0 spiro atoms. The number of esters is 1. The van der Waals surface area contributed by atoms with Gasteiger partial charge in [-0.2, -0.15) is 0 Å². The van der Waals surface area contributed by atoms with Crippen molar-refractivity contribution in [3.05, 3.63) is 24.2 Å². The topological polar surface area (TPSA) is 81.1 Å². The maximum Gasteiger partial charge on any atom is 0.338 e. The fourth-order valence-corrected chi connectivity index (χ4v) is 1.51. The highest BCUT2D eigenvalue weighted by molar-refractivity contribution is 5.92. The summed E-state index contributed by atoms with van der Waals surface area (Å²) in [5.74, 6) is 0.0941. The summed E-state index contributed by atoms with van der Waals surface area (Å²) < 4.78 is 15.1. The first-order valence-corrected chi connectivity index (χ1v) is 6.20. The number of carbonyl (C=O) groups is 2. The summed E-state index contributed by atoms with van der Waals surface area (Å²) in [6, 6.07) is 3.49. The Bertz CT molecular complexity index is 440. The molecular formula is C13H17NO5. The Labute approximate surface area is 111 Å². The first-order valence-electron chi connectivity index (χ1n) is 6.20. The minimum atomic E-state index is -0.768. The van der Waals surface area contributed by atoms with Crippen LogP contribution in [0.25, 0.3) is 0 Å². The molecule has 1 aromatic rings. The molecule has 2 rings (SSSR count). The van der Waals surface area contributed by atoms with Crippen molar-refractivity contribution >= 4 is 11.9 Å². The molecule has 1 fully saturated rings. The number of hydrogen-bond donors (Lipinski definition) is 1. The highest BCUT2D eigenvalue weighted by Gasteiger charge is 2.51. The minimum absolute atomic E-state index is 0.258. The van der Waals surface area contributed by atoms with E-state index in [1.54, 1.807) is 12.1 Å². The van der Waals surface area contributed by atoms with Crippen LogP contribution in [0.3, 0.4) is 0 Å². The Morgan fingerprint density at radius 1 is 1.42 bits per heavy atom. The van der Waals surface area contributed by atoms with Crippen LogP contribution in [-0.2, 0) is 25.6 Å². The lowest BCUT2D eigenvalue weighted by molar-refractivity contribution is -0.146. The van der Waals surface area contributed by atoms with Gasteiger partial charge in [-0.1, -0.05) is 13.8 Å². The molecule has 1 amide bonds. The van der Waals surface area contributed by atoms with Gasteiger partial charge in [0.15, 0.2) is 12.2 Å². The third kappa shape index (κ3) is 3.82. The summed E-state index contributed by atoms with van der Waals surface area (Å²) in [5.41, 5.74) is 0. The Morgan fingerprint density at radius 3 is 2.84 bits per heavy atom. The van der Waals surface area contributed by atoms with Crippen LogP contribution in [0.1, 0.15) is 19.6 Å². The van der Waals surface area contributed by atoms with Crippen LogP contribution in [0, 0.1) is 5.92 Å². The lowest BCUT2D eigenvalue weighted by atomic mass is 10.2. The quantitative estimate of drug-likeness (QED) is 0.610. The molecule has 2 atom stereocenters. The Balaban J connectivity index is 1.70. The van der Waals surface area contributed by atoms with E-state index in [1.165, 1.54) is 6.26 Å². The van der Waals surface area contributed by atoms with Crippen molar-refractivity contribution in [3.63, 3.8) is 0 Å². The van der Waals surface area contributed by atoms with Crippen molar-refractivity contribution in [2.45, 2.75) is 32.6 Å². The van der Waals surface area contributed by atoms with Gasteiger partial charge in [-0.05, 0) is 18.1 Å². The smallest absolute Gasteiger partial charge is 0.338 e. The molecule has 0 aliphatic carbocycles. The molecule has 0 saturated carbocycles. The second kappa shape index (κ2) is 5.88. The van der Waals surface area contributed by atoms with Crippen LogP contribution in [-0.4, -0.2) is 30.7 Å². The summed E-state index contributed by atoms with van der Waals surface area (Å²) in [6.07, 6.45) is 0.0197. The molecule has 6 heteroatoms. The molecule has 2 unspecified atom stereocenters. The van der Waals surface area contributed by atoms with E-state index in [-0.39, 0.29) is 18.4 Å². The Hall–Kier alpha value is -1.82. The van der Waals surface area contributed by atoms with Gasteiger partial charge < -0.3 is 19.2 Å². The van der Waals surface area contributed by atoms with Gasteiger partial charge >= 0.3 is 5.97 Å². The van der Waals surface area contributed by atoms with Gasteiger partial charge in [0.05, 0.1) is 19.4 Å². The largest absolute Gasteiger partial charge is 0.467 e. The summed E-state index contributed by atoms with van der Waals surface area (Å²) in [5, 5.41) is 2.63. The molecule has 6 nitrogen and oxygen atoms in total. The van der Waals surface area contributed by atoms with Crippen LogP contribution in [0.4, 0.5) is 0 Å². The maximum atomic E-state index is 11.7. The molecule has 1 aliphatic rings. The van der Waals surface area contributed by atoms with E-state index >= 15 is 0 Å². The van der Waals surface area contributed by atoms with Crippen LogP contribution >= 0.6 is 0 Å². The number of ether oxygens (including phenoxy) is 2. The molecule has 1 aromatic heterocycles. The normalized spacial score (nSPS) is 21.2. The number of amides is 1. The lowest BCUT2D eigenvalue weighted by Crippen LogP contribution is -2.30. The van der Waals surface area contributed by atoms with Crippen molar-refractivity contribution in [2.24, 2.45) is 5.92 Å². The van der Waals surface area contributed by atoms with E-state index in [0.29, 0.717) is 12.4 Å². The number of epoxide rings is 1. The highest BCUT2D eigenvalue weighted by Crippen LogP contribution is 2.24. The molecule has 0 radical (unpaired) electrons. The number of rotatable bonds is 6. The summed E-state index contributed by atoms with van der Waals surface area (Å²) in [4.78, 5) is 23.2. The predicted octanol–water partition coefficient (Wildman–Crippen LogP) is 0.862. The second-order valence-corrected chi connectivity index (χ2v) is 4.80. The van der Waals surface area contributed by atoms with Crippen molar-refractivity contribution in [3.8, 4) is 0 Å². The Morgan fingerprint density at radius 2 is 2.21 bits per heavy atom. The van der Waals surface area contributed by atoms with Gasteiger partial charge in [0, 0.05) is 0 Å². The predicted molar refractivity (Wildman–Crippen MR) is 65.0 cm³/mol. The third-order valence-corrected chi connectivity index (χ3v) is 2.56. The number of carbonyl (C=O) groups excluding carboxylic acids is 2. The van der Waals surface area contributed by atoms with Gasteiger partial charge in [0.1, 0.15) is 5.76 Å². The first-order chi connectivity index (χ1) is 9.08. The van der Waals surface area contributed by atoms with E-state index in [1.807, 2.05) is 13.8 Å². The zero-order valence-electron chi connectivity index (χ0n) is 10.9. The van der Waals surface area contributed by atoms with E-state index in [2.05, 4.69) is 5.32 Å².